The number of piperidine rings is 1. The van der Waals surface area contributed by atoms with Crippen LogP contribution < -0.4 is 22.3 Å². The lowest BCUT2D eigenvalue weighted by atomic mass is 10.00. The fourth-order valence-electron chi connectivity index (χ4n) is 5.04. The van der Waals surface area contributed by atoms with Gasteiger partial charge in [0.25, 0.3) is 0 Å². The van der Waals surface area contributed by atoms with Crippen LogP contribution in [-0.4, -0.2) is 123 Å². The minimum atomic E-state index is -0.703. The van der Waals surface area contributed by atoms with Crippen LogP contribution in [0.3, 0.4) is 0 Å². The molecular formula is C35H61N7O11. The number of hydrazine groups is 2. The van der Waals surface area contributed by atoms with Crippen molar-refractivity contribution >= 4 is 36.2 Å². The monoisotopic (exact) mass is 755 g/mol. The van der Waals surface area contributed by atoms with E-state index in [2.05, 4.69) is 23.8 Å². The van der Waals surface area contributed by atoms with Crippen molar-refractivity contribution in [2.75, 3.05) is 65.8 Å². The highest BCUT2D eigenvalue weighted by molar-refractivity contribution is 5.87. The Hall–Kier alpha value is -4.58. The van der Waals surface area contributed by atoms with E-state index in [1.54, 1.807) is 0 Å². The average Bonchev–Trinajstić information content (AvgIpc) is 3.13. The maximum atomic E-state index is 12.9. The summed E-state index contributed by atoms with van der Waals surface area (Å²) in [5, 5.41) is 7.63. The molecule has 1 saturated heterocycles. The molecule has 0 bridgehead atoms. The molecule has 0 aromatic heterocycles. The molecule has 1 unspecified atom stereocenters. The maximum absolute atomic E-state index is 12.9. The van der Waals surface area contributed by atoms with Gasteiger partial charge in [0.1, 0.15) is 26.4 Å². The number of urea groups is 1. The van der Waals surface area contributed by atoms with E-state index in [9.17, 15) is 28.8 Å². The summed E-state index contributed by atoms with van der Waals surface area (Å²) in [6.45, 7) is 12.1. The predicted molar refractivity (Wildman–Crippen MR) is 195 cm³/mol. The highest BCUT2D eigenvalue weighted by Crippen LogP contribution is 2.20. The zero-order chi connectivity index (χ0) is 39.4. The molecular weight excluding hydrogens is 694 g/mol. The highest BCUT2D eigenvalue weighted by Gasteiger charge is 2.27. The molecule has 1 aliphatic rings. The van der Waals surface area contributed by atoms with Crippen molar-refractivity contribution in [2.45, 2.75) is 96.9 Å². The fourth-order valence-corrected chi connectivity index (χ4v) is 5.04. The molecule has 0 saturated carbocycles. The number of nitrogens with one attached hydrogen (secondary N) is 2. The second-order valence-electron chi connectivity index (χ2n) is 12.7. The summed E-state index contributed by atoms with van der Waals surface area (Å²) in [7, 11) is 0. The molecule has 302 valence electrons. The number of carbonyl (C=O) groups is 6. The Bertz CT molecular complexity index is 1190. The summed E-state index contributed by atoms with van der Waals surface area (Å²) in [4.78, 5) is 73.3. The molecule has 6 N–H and O–H groups in total. The van der Waals surface area contributed by atoms with E-state index in [1.165, 1.54) is 13.8 Å². The molecule has 18 heteroatoms. The molecule has 0 aromatic rings. The topological polar surface area (TPSA) is 234 Å². The Morgan fingerprint density at radius 1 is 0.642 bits per heavy atom. The van der Waals surface area contributed by atoms with Gasteiger partial charge < -0.3 is 39.2 Å². The number of esters is 2. The van der Waals surface area contributed by atoms with Gasteiger partial charge in [-0.05, 0) is 58.8 Å². The molecule has 1 aliphatic heterocycles. The van der Waals surface area contributed by atoms with E-state index in [0.717, 1.165) is 61.4 Å². The second-order valence-corrected chi connectivity index (χ2v) is 12.7. The Balaban J connectivity index is 2.13. The van der Waals surface area contributed by atoms with Crippen LogP contribution in [0, 0.1) is 0 Å². The lowest BCUT2D eigenvalue weighted by Crippen LogP contribution is -2.49. The van der Waals surface area contributed by atoms with E-state index < -0.39 is 30.2 Å². The Kier molecular flexibility index (Phi) is 24.5. The van der Waals surface area contributed by atoms with Crippen molar-refractivity contribution < 1.29 is 52.5 Å². The Labute approximate surface area is 312 Å². The van der Waals surface area contributed by atoms with Gasteiger partial charge in [-0.25, -0.2) is 50.5 Å². The summed E-state index contributed by atoms with van der Waals surface area (Å²) in [6, 6.07) is -0.179. The number of amides is 5. The van der Waals surface area contributed by atoms with Crippen LogP contribution >= 0.6 is 0 Å². The number of hydrogen-bond donors (Lipinski definition) is 4. The molecule has 1 heterocycles. The van der Waals surface area contributed by atoms with Crippen LogP contribution in [0.25, 0.3) is 0 Å². The van der Waals surface area contributed by atoms with Gasteiger partial charge in [-0.15, -0.1) is 0 Å². The minimum Gasteiger partial charge on any atom is -0.459 e. The number of ether oxygens (including phenoxy) is 5. The van der Waals surface area contributed by atoms with Crippen molar-refractivity contribution in [1.29, 1.82) is 0 Å². The van der Waals surface area contributed by atoms with Crippen LogP contribution in [0.15, 0.2) is 24.3 Å². The number of rotatable bonds is 25. The Morgan fingerprint density at radius 3 is 1.66 bits per heavy atom. The van der Waals surface area contributed by atoms with Crippen molar-refractivity contribution in [2.24, 2.45) is 11.7 Å². The first-order valence-electron chi connectivity index (χ1n) is 18.3. The van der Waals surface area contributed by atoms with Crippen LogP contribution in [0.2, 0.25) is 0 Å². The van der Waals surface area contributed by atoms with Crippen molar-refractivity contribution in [1.82, 2.24) is 25.6 Å². The van der Waals surface area contributed by atoms with E-state index in [0.29, 0.717) is 58.4 Å². The molecule has 1 atom stereocenters. The number of unbranched alkanes of at least 4 members (excludes halogenated alkanes) is 6. The zero-order valence-electron chi connectivity index (χ0n) is 31.5. The molecule has 0 aromatic carbocycles. The highest BCUT2D eigenvalue weighted by atomic mass is 16.6. The molecule has 1 fully saturated rings. The van der Waals surface area contributed by atoms with Gasteiger partial charge in [-0.3, -0.25) is 0 Å². The third-order valence-electron chi connectivity index (χ3n) is 8.02. The van der Waals surface area contributed by atoms with E-state index in [1.807, 2.05) is 4.90 Å². The largest absolute Gasteiger partial charge is 0.459 e. The number of alkyl carbamates (subject to hydrolysis) is 1. The van der Waals surface area contributed by atoms with Gasteiger partial charge in [-0.1, -0.05) is 38.8 Å². The molecule has 0 radical (unpaired) electrons. The van der Waals surface area contributed by atoms with E-state index in [4.69, 9.17) is 35.4 Å². The van der Waals surface area contributed by atoms with E-state index >= 15 is 0 Å². The third kappa shape index (κ3) is 22.2. The summed E-state index contributed by atoms with van der Waals surface area (Å²) in [6.07, 6.45) is 7.38. The quantitative estimate of drug-likeness (QED) is 0.0198. The standard InChI is InChI=1S/C35H61N7O11/c1-27(2)30(43)49-23-25-51-33(46)39-18-11-6-8-13-20-41(36)34(47)52-22-16-29-15-9-14-19-40(29)32(45)38-17-10-5-7-12-21-42(37)35(48)53-26-24-50-31(44)28(3)4/h29H,1,3,5-26,36-37H2,2,4H3,(H,38,45)(H,39,46). The zero-order valence-corrected chi connectivity index (χ0v) is 31.5. The van der Waals surface area contributed by atoms with Gasteiger partial charge in [0, 0.05) is 56.3 Å². The van der Waals surface area contributed by atoms with Crippen LogP contribution in [0.5, 0.6) is 0 Å². The molecule has 53 heavy (non-hydrogen) atoms. The number of likely N-dealkylation sites (tertiary alicyclic amines) is 1. The number of hydrogen-bond acceptors (Lipinski definition) is 13. The lowest BCUT2D eigenvalue weighted by molar-refractivity contribution is -0.140. The van der Waals surface area contributed by atoms with E-state index in [-0.39, 0.29) is 56.3 Å². The molecule has 0 spiro atoms. The van der Waals surface area contributed by atoms with Gasteiger partial charge in [0.05, 0.1) is 6.61 Å². The van der Waals surface area contributed by atoms with Gasteiger partial charge >= 0.3 is 36.2 Å². The van der Waals surface area contributed by atoms with Gasteiger partial charge in [0.15, 0.2) is 0 Å². The molecule has 1 rings (SSSR count). The summed E-state index contributed by atoms with van der Waals surface area (Å²) in [5.41, 5.74) is 0.532. The normalized spacial score (nSPS) is 13.6. The minimum absolute atomic E-state index is 0.0406. The summed E-state index contributed by atoms with van der Waals surface area (Å²) >= 11 is 0. The van der Waals surface area contributed by atoms with Crippen molar-refractivity contribution in [3.05, 3.63) is 24.3 Å². The number of nitrogens with two attached hydrogens (primary N) is 2. The number of nitrogens with zero attached hydrogens (tertiary/aromatic N) is 3. The first-order valence-corrected chi connectivity index (χ1v) is 18.3. The SMILES string of the molecule is C=C(C)C(=O)OCCOC(=O)NCCCCCCN(N)C(=O)OCCC1CCCCN1C(=O)NCCCCCCN(N)C(=O)OCCOC(=O)C(=C)C. The number of carbonyl (C=O) groups excluding carboxylic acids is 6. The second kappa shape index (κ2) is 28.0. The van der Waals surface area contributed by atoms with Gasteiger partial charge in [0.2, 0.25) is 0 Å². The van der Waals surface area contributed by atoms with Crippen molar-refractivity contribution in [3.63, 3.8) is 0 Å². The fraction of sp³-hybridized carbons (Fsp3) is 0.714. The maximum Gasteiger partial charge on any atom is 0.424 e. The summed E-state index contributed by atoms with van der Waals surface area (Å²) in [5.74, 6) is 10.5. The average molecular weight is 756 g/mol. The van der Waals surface area contributed by atoms with Crippen LogP contribution in [0.4, 0.5) is 19.2 Å². The molecule has 0 aliphatic carbocycles. The van der Waals surface area contributed by atoms with Crippen molar-refractivity contribution in [3.8, 4) is 0 Å². The first-order chi connectivity index (χ1) is 25.3. The van der Waals surface area contributed by atoms with Gasteiger partial charge in [-0.2, -0.15) is 0 Å². The lowest BCUT2D eigenvalue weighted by Gasteiger charge is -2.35. The predicted octanol–water partition coefficient (Wildman–Crippen LogP) is 3.65. The Morgan fingerprint density at radius 2 is 1.11 bits per heavy atom. The van der Waals surface area contributed by atoms with Crippen LogP contribution in [0.1, 0.15) is 90.9 Å². The van der Waals surface area contributed by atoms with Crippen LogP contribution in [-0.2, 0) is 33.3 Å². The third-order valence-corrected chi connectivity index (χ3v) is 8.02. The molecule has 18 nitrogen and oxygen atoms in total. The first kappa shape index (κ1) is 46.4. The summed E-state index contributed by atoms with van der Waals surface area (Å²) < 4.78 is 25.0. The smallest absolute Gasteiger partial charge is 0.424 e. The molecule has 5 amide bonds.